The minimum atomic E-state index is -0.136. The first-order chi connectivity index (χ1) is 16.5. The maximum atomic E-state index is 13.6. The molecule has 0 aliphatic carbocycles. The van der Waals surface area contributed by atoms with Crippen molar-refractivity contribution in [3.63, 3.8) is 0 Å². The summed E-state index contributed by atoms with van der Waals surface area (Å²) in [6.45, 7) is 2.64. The van der Waals surface area contributed by atoms with Crippen LogP contribution in [0.1, 0.15) is 37.7 Å². The summed E-state index contributed by atoms with van der Waals surface area (Å²) in [5, 5.41) is 6.58. The third kappa shape index (κ3) is 3.47. The number of H-pyrrole nitrogens is 1. The maximum absolute atomic E-state index is 13.6. The number of amides is 2. The fourth-order valence-electron chi connectivity index (χ4n) is 4.92. The number of fused-ring (bicyclic) bond motifs is 4. The van der Waals surface area contributed by atoms with Crippen molar-refractivity contribution < 1.29 is 9.59 Å². The van der Waals surface area contributed by atoms with Gasteiger partial charge in [0.25, 0.3) is 11.8 Å². The van der Waals surface area contributed by atoms with Crippen LogP contribution in [0, 0.1) is 0 Å². The zero-order valence-corrected chi connectivity index (χ0v) is 19.7. The Balaban J connectivity index is 1.27. The van der Waals surface area contributed by atoms with E-state index in [0.29, 0.717) is 60.4 Å². The Bertz CT molecular complexity index is 1460. The van der Waals surface area contributed by atoms with Crippen molar-refractivity contribution in [2.45, 2.75) is 26.1 Å². The molecule has 2 aliphatic heterocycles. The second-order valence-corrected chi connectivity index (χ2v) is 9.50. The molecule has 0 unspecified atom stereocenters. The molecule has 0 bridgehead atoms. The highest BCUT2D eigenvalue weighted by atomic mass is 35.5. The van der Waals surface area contributed by atoms with Gasteiger partial charge in [-0.1, -0.05) is 35.3 Å². The maximum Gasteiger partial charge on any atom is 0.272 e. The monoisotopic (exact) mass is 493 g/mol. The van der Waals surface area contributed by atoms with Crippen LogP contribution in [0.3, 0.4) is 0 Å². The molecule has 0 atom stereocenters. The first-order valence-corrected chi connectivity index (χ1v) is 11.9. The summed E-state index contributed by atoms with van der Waals surface area (Å²) in [6.07, 6.45) is 2.52. The average molecular weight is 494 g/mol. The quantitative estimate of drug-likeness (QED) is 0.455. The Hall–Kier alpha value is -3.29. The molecular weight excluding hydrogens is 473 g/mol. The third-order valence-corrected chi connectivity index (χ3v) is 7.41. The SMILES string of the molecule is O=C(c1ccc(Cl)c(Cl)c1)N1CCc2nn3c(c2C1)C(=O)N(Cc1cccc2[nH]ccc12)CC3. The van der Waals surface area contributed by atoms with E-state index >= 15 is 0 Å². The highest BCUT2D eigenvalue weighted by Gasteiger charge is 2.35. The number of aromatic amines is 1. The zero-order valence-electron chi connectivity index (χ0n) is 18.2. The second-order valence-electron chi connectivity index (χ2n) is 8.69. The van der Waals surface area contributed by atoms with Crippen LogP contribution in [-0.2, 0) is 26.1 Å². The molecule has 7 nitrogen and oxygen atoms in total. The number of nitrogens with one attached hydrogen (secondary N) is 1. The summed E-state index contributed by atoms with van der Waals surface area (Å²) in [5.74, 6) is -0.181. The topological polar surface area (TPSA) is 74.2 Å². The number of carbonyl (C=O) groups excluding carboxylic acids is 2. The van der Waals surface area contributed by atoms with Gasteiger partial charge in [-0.05, 0) is 35.9 Å². The first kappa shape index (κ1) is 21.3. The molecule has 9 heteroatoms. The molecule has 2 aromatic carbocycles. The second kappa shape index (κ2) is 8.18. The van der Waals surface area contributed by atoms with E-state index in [4.69, 9.17) is 28.3 Å². The van der Waals surface area contributed by atoms with Gasteiger partial charge in [0.15, 0.2) is 0 Å². The summed E-state index contributed by atoms with van der Waals surface area (Å²) < 4.78 is 1.81. The smallest absolute Gasteiger partial charge is 0.272 e. The van der Waals surface area contributed by atoms with Gasteiger partial charge in [-0.25, -0.2) is 0 Å². The van der Waals surface area contributed by atoms with Gasteiger partial charge < -0.3 is 14.8 Å². The molecule has 4 aromatic rings. The number of benzene rings is 2. The van der Waals surface area contributed by atoms with Crippen LogP contribution in [0.4, 0.5) is 0 Å². The van der Waals surface area contributed by atoms with Crippen LogP contribution >= 0.6 is 23.2 Å². The van der Waals surface area contributed by atoms with Gasteiger partial charge in [-0.3, -0.25) is 14.3 Å². The average Bonchev–Trinajstić information content (AvgIpc) is 3.47. The van der Waals surface area contributed by atoms with Crippen LogP contribution in [-0.4, -0.2) is 49.5 Å². The number of hydrogen-bond acceptors (Lipinski definition) is 3. The summed E-state index contributed by atoms with van der Waals surface area (Å²) in [7, 11) is 0. The van der Waals surface area contributed by atoms with E-state index in [1.807, 2.05) is 34.0 Å². The van der Waals surface area contributed by atoms with Gasteiger partial charge in [-0.2, -0.15) is 5.10 Å². The summed E-state index contributed by atoms with van der Waals surface area (Å²) >= 11 is 12.1. The van der Waals surface area contributed by atoms with Gasteiger partial charge in [0, 0.05) is 54.3 Å². The summed E-state index contributed by atoms with van der Waals surface area (Å²) in [5.41, 5.74) is 4.97. The van der Waals surface area contributed by atoms with E-state index in [0.717, 1.165) is 27.7 Å². The molecule has 2 amide bonds. The van der Waals surface area contributed by atoms with Crippen molar-refractivity contribution in [1.29, 1.82) is 0 Å². The predicted octanol–water partition coefficient (Wildman–Crippen LogP) is 4.53. The van der Waals surface area contributed by atoms with Gasteiger partial charge in [0.1, 0.15) is 5.69 Å². The van der Waals surface area contributed by atoms with Gasteiger partial charge in [0.05, 0.1) is 28.8 Å². The molecule has 2 aliphatic rings. The minimum absolute atomic E-state index is 0.0450. The van der Waals surface area contributed by atoms with Gasteiger partial charge >= 0.3 is 0 Å². The first-order valence-electron chi connectivity index (χ1n) is 11.2. The van der Waals surface area contributed by atoms with Crippen molar-refractivity contribution in [2.75, 3.05) is 13.1 Å². The Morgan fingerprint density at radius 3 is 2.79 bits per heavy atom. The molecule has 0 radical (unpaired) electrons. The zero-order chi connectivity index (χ0) is 23.4. The lowest BCUT2D eigenvalue weighted by Gasteiger charge is -2.30. The molecule has 0 fully saturated rings. The van der Waals surface area contributed by atoms with E-state index in [1.165, 1.54) is 0 Å². The predicted molar refractivity (Wildman–Crippen MR) is 130 cm³/mol. The highest BCUT2D eigenvalue weighted by molar-refractivity contribution is 6.42. The largest absolute Gasteiger partial charge is 0.361 e. The van der Waals surface area contributed by atoms with Gasteiger partial charge in [-0.15, -0.1) is 0 Å². The molecule has 172 valence electrons. The van der Waals surface area contributed by atoms with E-state index in [2.05, 4.69) is 11.1 Å². The molecule has 0 spiro atoms. The molecule has 34 heavy (non-hydrogen) atoms. The number of carbonyl (C=O) groups is 2. The Morgan fingerprint density at radius 1 is 1.06 bits per heavy atom. The summed E-state index contributed by atoms with van der Waals surface area (Å²) in [4.78, 5) is 33.6. The van der Waals surface area contributed by atoms with E-state index < -0.39 is 0 Å². The Kier molecular flexibility index (Phi) is 5.12. The molecular formula is C25H21Cl2N5O2. The highest BCUT2D eigenvalue weighted by Crippen LogP contribution is 2.29. The lowest BCUT2D eigenvalue weighted by molar-refractivity contribution is 0.0671. The molecule has 2 aromatic heterocycles. The minimum Gasteiger partial charge on any atom is -0.361 e. The number of nitrogens with zero attached hydrogens (tertiary/aromatic N) is 4. The van der Waals surface area contributed by atoms with Crippen molar-refractivity contribution >= 4 is 45.9 Å². The number of hydrogen-bond donors (Lipinski definition) is 1. The molecule has 0 saturated carbocycles. The van der Waals surface area contributed by atoms with E-state index in [1.54, 1.807) is 23.1 Å². The van der Waals surface area contributed by atoms with Crippen molar-refractivity contribution in [3.8, 4) is 0 Å². The van der Waals surface area contributed by atoms with Gasteiger partial charge in [0.2, 0.25) is 0 Å². The fraction of sp³-hybridized carbons (Fsp3) is 0.240. The number of aromatic nitrogens is 3. The van der Waals surface area contributed by atoms with Crippen LogP contribution < -0.4 is 0 Å². The lowest BCUT2D eigenvalue weighted by Crippen LogP contribution is -2.41. The van der Waals surface area contributed by atoms with Crippen molar-refractivity contribution in [3.05, 3.63) is 86.8 Å². The fourth-order valence-corrected chi connectivity index (χ4v) is 5.22. The van der Waals surface area contributed by atoms with Crippen LogP contribution in [0.2, 0.25) is 10.0 Å². The Morgan fingerprint density at radius 2 is 1.94 bits per heavy atom. The lowest BCUT2D eigenvalue weighted by atomic mass is 10.0. The third-order valence-electron chi connectivity index (χ3n) is 6.67. The molecule has 1 N–H and O–H groups in total. The van der Waals surface area contributed by atoms with Crippen LogP contribution in [0.5, 0.6) is 0 Å². The number of halogens is 2. The van der Waals surface area contributed by atoms with E-state index in [9.17, 15) is 9.59 Å². The normalized spacial score (nSPS) is 15.5. The summed E-state index contributed by atoms with van der Waals surface area (Å²) in [6, 6.07) is 13.0. The van der Waals surface area contributed by atoms with Crippen LogP contribution in [0.25, 0.3) is 10.9 Å². The Labute approximate surface area is 205 Å². The molecule has 6 rings (SSSR count). The molecule has 0 saturated heterocycles. The van der Waals surface area contributed by atoms with Crippen LogP contribution in [0.15, 0.2) is 48.7 Å². The van der Waals surface area contributed by atoms with Crippen molar-refractivity contribution in [1.82, 2.24) is 24.6 Å². The molecule has 4 heterocycles. The number of rotatable bonds is 3. The van der Waals surface area contributed by atoms with Crippen molar-refractivity contribution in [2.24, 2.45) is 0 Å². The standard InChI is InChI=1S/C25H21Cl2N5O2/c26-19-5-4-15(12-20(19)27)24(33)30-9-7-22-18(14-30)23-25(34)31(10-11-32(23)29-22)13-16-2-1-3-21-17(16)6-8-28-21/h1-6,8,12,28H,7,9-11,13-14H2. The van der Waals surface area contributed by atoms with E-state index in [-0.39, 0.29) is 11.8 Å².